The predicted octanol–water partition coefficient (Wildman–Crippen LogP) is 1.19. The number of primary sulfonamides is 1. The van der Waals surface area contributed by atoms with Crippen molar-refractivity contribution in [2.75, 3.05) is 13.6 Å². The van der Waals surface area contributed by atoms with Crippen LogP contribution in [0, 0.1) is 0 Å². The molecule has 0 amide bonds. The Hall–Kier alpha value is -1.60. The van der Waals surface area contributed by atoms with Crippen molar-refractivity contribution in [3.8, 4) is 0 Å². The highest BCUT2D eigenvalue weighted by molar-refractivity contribution is 7.89. The molecule has 0 aliphatic heterocycles. The van der Waals surface area contributed by atoms with Gasteiger partial charge in [0.1, 0.15) is 0 Å². The topological polar surface area (TPSA) is 96.6 Å². The number of hydrogen-bond donors (Lipinski definition) is 3. The summed E-state index contributed by atoms with van der Waals surface area (Å²) in [6.07, 6.45) is 3.49. The SMILES string of the molecule is CCCCCNC(=NC)NCc1ccc(S(N)(=O)=O)cc1. The number of nitrogens with one attached hydrogen (secondary N) is 2. The second kappa shape index (κ2) is 8.63. The third-order valence-corrected chi connectivity index (χ3v) is 3.94. The first-order valence-electron chi connectivity index (χ1n) is 7.03. The summed E-state index contributed by atoms with van der Waals surface area (Å²) in [5, 5.41) is 11.5. The molecule has 4 N–H and O–H groups in total. The molecular formula is C14H24N4O2S. The molecule has 0 atom stereocenters. The molecule has 0 saturated carbocycles. The summed E-state index contributed by atoms with van der Waals surface area (Å²) in [4.78, 5) is 4.25. The van der Waals surface area contributed by atoms with Gasteiger partial charge in [-0.15, -0.1) is 0 Å². The third-order valence-electron chi connectivity index (χ3n) is 3.01. The summed E-state index contributed by atoms with van der Waals surface area (Å²) in [5.41, 5.74) is 0.957. The van der Waals surface area contributed by atoms with E-state index in [1.165, 1.54) is 25.0 Å². The molecule has 0 aliphatic carbocycles. The lowest BCUT2D eigenvalue weighted by atomic mass is 10.2. The smallest absolute Gasteiger partial charge is 0.238 e. The summed E-state index contributed by atoms with van der Waals surface area (Å²) in [5.74, 6) is 0.738. The van der Waals surface area contributed by atoms with E-state index in [-0.39, 0.29) is 4.90 Å². The fourth-order valence-electron chi connectivity index (χ4n) is 1.79. The first kappa shape index (κ1) is 17.5. The van der Waals surface area contributed by atoms with Crippen molar-refractivity contribution in [2.24, 2.45) is 10.1 Å². The Morgan fingerprint density at radius 2 is 1.86 bits per heavy atom. The molecule has 0 fully saturated rings. The maximum atomic E-state index is 11.2. The van der Waals surface area contributed by atoms with Crippen LogP contribution in [-0.4, -0.2) is 28.0 Å². The molecule has 0 bridgehead atoms. The molecule has 21 heavy (non-hydrogen) atoms. The number of unbranched alkanes of at least 4 members (excludes halogenated alkanes) is 2. The van der Waals surface area contributed by atoms with Gasteiger partial charge in [0.2, 0.25) is 10.0 Å². The second-order valence-corrected chi connectivity index (χ2v) is 6.31. The van der Waals surface area contributed by atoms with Crippen molar-refractivity contribution >= 4 is 16.0 Å². The van der Waals surface area contributed by atoms with Gasteiger partial charge < -0.3 is 10.6 Å². The van der Waals surface area contributed by atoms with E-state index in [0.717, 1.165) is 24.5 Å². The van der Waals surface area contributed by atoms with E-state index >= 15 is 0 Å². The number of guanidine groups is 1. The average Bonchev–Trinajstić information content (AvgIpc) is 2.46. The fourth-order valence-corrected chi connectivity index (χ4v) is 2.30. The quantitative estimate of drug-likeness (QED) is 0.400. The molecular weight excluding hydrogens is 288 g/mol. The molecule has 118 valence electrons. The van der Waals surface area contributed by atoms with Crippen molar-refractivity contribution in [3.63, 3.8) is 0 Å². The van der Waals surface area contributed by atoms with E-state index in [2.05, 4.69) is 22.5 Å². The zero-order chi connectivity index (χ0) is 15.7. The van der Waals surface area contributed by atoms with Crippen molar-refractivity contribution in [2.45, 2.75) is 37.6 Å². The van der Waals surface area contributed by atoms with Gasteiger partial charge in [-0.3, -0.25) is 4.99 Å². The van der Waals surface area contributed by atoms with Crippen molar-refractivity contribution < 1.29 is 8.42 Å². The first-order valence-corrected chi connectivity index (χ1v) is 8.58. The van der Waals surface area contributed by atoms with Crippen LogP contribution in [0.1, 0.15) is 31.7 Å². The van der Waals surface area contributed by atoms with Crippen molar-refractivity contribution in [3.05, 3.63) is 29.8 Å². The third kappa shape index (κ3) is 6.59. The van der Waals surface area contributed by atoms with Crippen LogP contribution in [-0.2, 0) is 16.6 Å². The maximum absolute atomic E-state index is 11.2. The molecule has 0 saturated heterocycles. The normalized spacial score (nSPS) is 12.2. The minimum atomic E-state index is -3.63. The molecule has 1 aromatic rings. The number of aliphatic imine (C=N–C) groups is 1. The van der Waals surface area contributed by atoms with Gasteiger partial charge in [-0.25, -0.2) is 13.6 Å². The lowest BCUT2D eigenvalue weighted by molar-refractivity contribution is 0.597. The van der Waals surface area contributed by atoms with Crippen LogP contribution in [0.25, 0.3) is 0 Å². The van der Waals surface area contributed by atoms with Gasteiger partial charge in [-0.1, -0.05) is 31.9 Å². The Morgan fingerprint density at radius 3 is 2.38 bits per heavy atom. The number of rotatable bonds is 7. The highest BCUT2D eigenvalue weighted by Gasteiger charge is 2.06. The van der Waals surface area contributed by atoms with E-state index < -0.39 is 10.0 Å². The van der Waals surface area contributed by atoms with Gasteiger partial charge in [-0.2, -0.15) is 0 Å². The van der Waals surface area contributed by atoms with Crippen LogP contribution in [0.4, 0.5) is 0 Å². The zero-order valence-corrected chi connectivity index (χ0v) is 13.4. The second-order valence-electron chi connectivity index (χ2n) is 4.75. The molecule has 0 heterocycles. The summed E-state index contributed by atoms with van der Waals surface area (Å²) in [7, 11) is -1.91. The molecule has 0 aromatic heterocycles. The standard InChI is InChI=1S/C14H24N4O2S/c1-3-4-5-10-17-14(16-2)18-11-12-6-8-13(9-7-12)21(15,19)20/h6-9H,3-5,10-11H2,1-2H3,(H2,15,19,20)(H2,16,17,18). The van der Waals surface area contributed by atoms with E-state index in [1.54, 1.807) is 19.2 Å². The molecule has 0 unspecified atom stereocenters. The van der Waals surface area contributed by atoms with Crippen LogP contribution < -0.4 is 15.8 Å². The van der Waals surface area contributed by atoms with Gasteiger partial charge >= 0.3 is 0 Å². The summed E-state index contributed by atoms with van der Waals surface area (Å²) in [6.45, 7) is 3.62. The lowest BCUT2D eigenvalue weighted by Gasteiger charge is -2.12. The van der Waals surface area contributed by atoms with E-state index in [9.17, 15) is 8.42 Å². The van der Waals surface area contributed by atoms with Crippen LogP contribution >= 0.6 is 0 Å². The molecule has 0 radical (unpaired) electrons. The molecule has 6 nitrogen and oxygen atoms in total. The zero-order valence-electron chi connectivity index (χ0n) is 12.6. The van der Waals surface area contributed by atoms with Crippen LogP contribution in [0.15, 0.2) is 34.2 Å². The minimum Gasteiger partial charge on any atom is -0.356 e. The summed E-state index contributed by atoms with van der Waals surface area (Å²) >= 11 is 0. The predicted molar refractivity (Wildman–Crippen MR) is 85.5 cm³/mol. The van der Waals surface area contributed by atoms with E-state index in [1.807, 2.05) is 0 Å². The minimum absolute atomic E-state index is 0.119. The summed E-state index contributed by atoms with van der Waals surface area (Å²) < 4.78 is 22.3. The number of nitrogens with two attached hydrogens (primary N) is 1. The van der Waals surface area contributed by atoms with Crippen molar-refractivity contribution in [1.82, 2.24) is 10.6 Å². The molecule has 1 aromatic carbocycles. The highest BCUT2D eigenvalue weighted by atomic mass is 32.2. The number of benzene rings is 1. The molecule has 0 aliphatic rings. The number of hydrogen-bond acceptors (Lipinski definition) is 3. The highest BCUT2D eigenvalue weighted by Crippen LogP contribution is 2.08. The Balaban J connectivity index is 2.46. The molecule has 7 heteroatoms. The maximum Gasteiger partial charge on any atom is 0.238 e. The van der Waals surface area contributed by atoms with Crippen LogP contribution in [0.3, 0.4) is 0 Å². The fraction of sp³-hybridized carbons (Fsp3) is 0.500. The first-order chi connectivity index (χ1) is 9.97. The Bertz CT molecular complexity index is 553. The Kier molecular flexibility index (Phi) is 7.18. The summed E-state index contributed by atoms with van der Waals surface area (Å²) in [6, 6.07) is 6.47. The van der Waals surface area contributed by atoms with Crippen molar-refractivity contribution in [1.29, 1.82) is 0 Å². The van der Waals surface area contributed by atoms with E-state index in [4.69, 9.17) is 5.14 Å². The molecule has 0 spiro atoms. The molecule has 1 rings (SSSR count). The van der Waals surface area contributed by atoms with Gasteiger partial charge in [0.15, 0.2) is 5.96 Å². The lowest BCUT2D eigenvalue weighted by Crippen LogP contribution is -2.37. The van der Waals surface area contributed by atoms with Gasteiger partial charge in [-0.05, 0) is 24.1 Å². The van der Waals surface area contributed by atoms with E-state index in [0.29, 0.717) is 6.54 Å². The van der Waals surface area contributed by atoms with Crippen LogP contribution in [0.5, 0.6) is 0 Å². The monoisotopic (exact) mass is 312 g/mol. The van der Waals surface area contributed by atoms with Gasteiger partial charge in [0.05, 0.1) is 4.90 Å². The average molecular weight is 312 g/mol. The number of sulfonamides is 1. The number of nitrogens with zero attached hydrogens (tertiary/aromatic N) is 1. The Morgan fingerprint density at radius 1 is 1.19 bits per heavy atom. The van der Waals surface area contributed by atoms with Crippen LogP contribution in [0.2, 0.25) is 0 Å². The Labute approximate surface area is 126 Å². The van der Waals surface area contributed by atoms with Gasteiger partial charge in [0.25, 0.3) is 0 Å². The van der Waals surface area contributed by atoms with Gasteiger partial charge in [0, 0.05) is 20.1 Å². The largest absolute Gasteiger partial charge is 0.356 e.